The van der Waals surface area contributed by atoms with Crippen LogP contribution in [0, 0.1) is 0 Å². The second kappa shape index (κ2) is 4.00. The Balaban J connectivity index is 0.000000845. The van der Waals surface area contributed by atoms with E-state index in [1.807, 2.05) is 6.07 Å². The molecule has 74 valence electrons. The van der Waals surface area contributed by atoms with Crippen molar-refractivity contribution in [1.82, 2.24) is 0 Å². The molecule has 1 saturated heterocycles. The van der Waals surface area contributed by atoms with Crippen molar-refractivity contribution in [3.8, 4) is 0 Å². The van der Waals surface area contributed by atoms with Gasteiger partial charge in [-0.15, -0.1) is 0 Å². The van der Waals surface area contributed by atoms with Crippen molar-refractivity contribution >= 4 is 0 Å². The molecule has 13 heavy (non-hydrogen) atoms. The highest BCUT2D eigenvalue weighted by Gasteiger charge is 2.36. The molecule has 0 N–H and O–H groups in total. The highest BCUT2D eigenvalue weighted by molar-refractivity contribution is 5.03. The van der Waals surface area contributed by atoms with Crippen LogP contribution in [0.15, 0.2) is 22.8 Å². The smallest absolute Gasteiger partial charge is 0.161 e. The fourth-order valence-corrected chi connectivity index (χ4v) is 2.17. The van der Waals surface area contributed by atoms with Crippen LogP contribution in [0.2, 0.25) is 0 Å². The van der Waals surface area contributed by atoms with Crippen LogP contribution < -0.4 is 24.0 Å². The van der Waals surface area contributed by atoms with Crippen LogP contribution in [0.4, 0.5) is 0 Å². The molecule has 2 rings (SSSR count). The maximum absolute atomic E-state index is 5.44. The van der Waals surface area contributed by atoms with E-state index in [0.717, 1.165) is 10.2 Å². The lowest BCUT2D eigenvalue weighted by Gasteiger charge is -2.29. The van der Waals surface area contributed by atoms with Crippen molar-refractivity contribution in [2.75, 3.05) is 20.6 Å². The number of hydrogen-bond donors (Lipinski definition) is 0. The second-order valence-corrected chi connectivity index (χ2v) is 4.18. The number of likely N-dealkylation sites (tertiary alicyclic amines) is 1. The van der Waals surface area contributed by atoms with Crippen LogP contribution in [-0.4, -0.2) is 25.1 Å². The summed E-state index contributed by atoms with van der Waals surface area (Å²) in [6.07, 6.45) is 4.35. The Morgan fingerprint density at radius 1 is 1.46 bits per heavy atom. The van der Waals surface area contributed by atoms with Gasteiger partial charge in [0.25, 0.3) is 0 Å². The summed E-state index contributed by atoms with van der Waals surface area (Å²) < 4.78 is 6.51. The van der Waals surface area contributed by atoms with Crippen molar-refractivity contribution in [3.63, 3.8) is 0 Å². The fraction of sp³-hybridized carbons (Fsp3) is 0.600. The normalized spacial score (nSPS) is 25.5. The van der Waals surface area contributed by atoms with Gasteiger partial charge >= 0.3 is 0 Å². The molecule has 0 unspecified atom stereocenters. The third-order valence-electron chi connectivity index (χ3n) is 2.93. The predicted octanol–water partition coefficient (Wildman–Crippen LogP) is -0.805. The molecule has 0 bridgehead atoms. The Morgan fingerprint density at radius 2 is 2.23 bits per heavy atom. The minimum atomic E-state index is 0. The number of halogens is 1. The second-order valence-electron chi connectivity index (χ2n) is 4.18. The van der Waals surface area contributed by atoms with E-state index in [-0.39, 0.29) is 24.0 Å². The van der Waals surface area contributed by atoms with Gasteiger partial charge in [0.15, 0.2) is 5.76 Å². The van der Waals surface area contributed by atoms with Crippen LogP contribution in [0.25, 0.3) is 0 Å². The van der Waals surface area contributed by atoms with Gasteiger partial charge in [0.05, 0.1) is 26.9 Å². The number of furan rings is 1. The first-order chi connectivity index (χ1) is 5.70. The molecule has 3 heteroatoms. The zero-order valence-electron chi connectivity index (χ0n) is 8.16. The third-order valence-corrected chi connectivity index (χ3v) is 2.93. The Bertz CT molecular complexity index is 256. The highest BCUT2D eigenvalue weighted by atomic mass is 127. The third kappa shape index (κ3) is 2.07. The lowest BCUT2D eigenvalue weighted by Crippen LogP contribution is -3.00. The van der Waals surface area contributed by atoms with Crippen LogP contribution in [-0.2, 0) is 0 Å². The van der Waals surface area contributed by atoms with Gasteiger partial charge in [-0.05, 0) is 12.1 Å². The number of rotatable bonds is 1. The molecule has 0 aromatic carbocycles. The largest absolute Gasteiger partial charge is 1.00 e. The maximum Gasteiger partial charge on any atom is 0.161 e. The summed E-state index contributed by atoms with van der Waals surface area (Å²) in [4.78, 5) is 0. The molecule has 2 heterocycles. The van der Waals surface area contributed by atoms with Crippen molar-refractivity contribution in [2.45, 2.75) is 18.9 Å². The van der Waals surface area contributed by atoms with Gasteiger partial charge in [-0.25, -0.2) is 0 Å². The maximum atomic E-state index is 5.44. The zero-order chi connectivity index (χ0) is 8.60. The summed E-state index contributed by atoms with van der Waals surface area (Å²) in [7, 11) is 4.56. The van der Waals surface area contributed by atoms with Crippen LogP contribution >= 0.6 is 0 Å². The van der Waals surface area contributed by atoms with Gasteiger partial charge in [0, 0.05) is 12.8 Å². The lowest BCUT2D eigenvalue weighted by atomic mass is 10.1. The molecule has 1 aromatic heterocycles. The topological polar surface area (TPSA) is 13.1 Å². The van der Waals surface area contributed by atoms with Gasteiger partial charge in [-0.2, -0.15) is 0 Å². The first-order valence-electron chi connectivity index (χ1n) is 4.56. The Morgan fingerprint density at radius 3 is 2.69 bits per heavy atom. The van der Waals surface area contributed by atoms with E-state index in [1.165, 1.54) is 19.4 Å². The molecule has 1 aliphatic heterocycles. The van der Waals surface area contributed by atoms with E-state index in [9.17, 15) is 0 Å². The van der Waals surface area contributed by atoms with Gasteiger partial charge in [0.2, 0.25) is 0 Å². The van der Waals surface area contributed by atoms with Crippen LogP contribution in [0.1, 0.15) is 24.6 Å². The Hall–Kier alpha value is -0.0300. The molecule has 0 saturated carbocycles. The van der Waals surface area contributed by atoms with Crippen molar-refractivity contribution in [3.05, 3.63) is 24.2 Å². The molecule has 0 spiro atoms. The molecular weight excluding hydrogens is 277 g/mol. The first kappa shape index (κ1) is 11.0. The average molecular weight is 293 g/mol. The van der Waals surface area contributed by atoms with Crippen molar-refractivity contribution in [1.29, 1.82) is 0 Å². The molecule has 0 radical (unpaired) electrons. The van der Waals surface area contributed by atoms with Crippen LogP contribution in [0.5, 0.6) is 0 Å². The molecule has 0 aliphatic carbocycles. The summed E-state index contributed by atoms with van der Waals surface area (Å²) in [6.45, 7) is 1.27. The van der Waals surface area contributed by atoms with E-state index >= 15 is 0 Å². The van der Waals surface area contributed by atoms with Gasteiger partial charge in [-0.3, -0.25) is 0 Å². The zero-order valence-corrected chi connectivity index (χ0v) is 10.3. The summed E-state index contributed by atoms with van der Waals surface area (Å²) in [5.41, 5.74) is 0. The first-order valence-corrected chi connectivity index (χ1v) is 4.56. The van der Waals surface area contributed by atoms with Crippen molar-refractivity contribution in [2.24, 2.45) is 0 Å². The molecule has 1 fully saturated rings. The van der Waals surface area contributed by atoms with Gasteiger partial charge in [-0.1, -0.05) is 0 Å². The Kier molecular flexibility index (Phi) is 3.40. The molecule has 2 nitrogen and oxygen atoms in total. The van der Waals surface area contributed by atoms with E-state index in [0.29, 0.717) is 6.04 Å². The highest BCUT2D eigenvalue weighted by Crippen LogP contribution is 2.35. The molecular formula is C10H16INO. The number of nitrogens with zero attached hydrogens (tertiary/aromatic N) is 1. The SMILES string of the molecule is C[N+]1(C)CCC[C@H]1c1ccco1.[I-]. The standard InChI is InChI=1S/C10H16NO.HI/c1-11(2)7-3-5-9(11)10-6-4-8-12-10;/h4,6,8-9H,3,5,7H2,1-2H3;1H/q+1;/p-1/t9-;/m0./s1. The van der Waals surface area contributed by atoms with Crippen LogP contribution in [0.3, 0.4) is 0 Å². The summed E-state index contributed by atoms with van der Waals surface area (Å²) in [5.74, 6) is 1.15. The quantitative estimate of drug-likeness (QED) is 0.488. The number of quaternary nitrogens is 1. The summed E-state index contributed by atoms with van der Waals surface area (Å²) in [6, 6.07) is 4.66. The van der Waals surface area contributed by atoms with Gasteiger partial charge < -0.3 is 32.9 Å². The van der Waals surface area contributed by atoms with Crippen molar-refractivity contribution < 1.29 is 32.9 Å². The van der Waals surface area contributed by atoms with Gasteiger partial charge in [0.1, 0.15) is 6.04 Å². The van der Waals surface area contributed by atoms with E-state index in [1.54, 1.807) is 6.26 Å². The monoisotopic (exact) mass is 293 g/mol. The number of hydrogen-bond acceptors (Lipinski definition) is 1. The predicted molar refractivity (Wildman–Crippen MR) is 47.7 cm³/mol. The molecule has 0 amide bonds. The average Bonchev–Trinajstić information content (AvgIpc) is 2.55. The minimum absolute atomic E-state index is 0. The lowest BCUT2D eigenvalue weighted by molar-refractivity contribution is -0.909. The summed E-state index contributed by atoms with van der Waals surface area (Å²) in [5, 5.41) is 0. The van der Waals surface area contributed by atoms with E-state index in [2.05, 4.69) is 20.2 Å². The molecule has 1 aromatic rings. The molecule has 1 aliphatic rings. The summed E-state index contributed by atoms with van der Waals surface area (Å²) >= 11 is 0. The molecule has 1 atom stereocenters. The minimum Gasteiger partial charge on any atom is -1.00 e. The Labute approximate surface area is 96.5 Å². The van der Waals surface area contributed by atoms with E-state index < -0.39 is 0 Å². The van der Waals surface area contributed by atoms with E-state index in [4.69, 9.17) is 4.42 Å². The fourth-order valence-electron chi connectivity index (χ4n) is 2.17.